The largest absolute Gasteiger partial charge is 0.454 e. The molecule has 39 heavy (non-hydrogen) atoms. The molecular formula is C26H23F4N7O2. The number of hydrogen-bond donors (Lipinski definition) is 2. The van der Waals surface area contributed by atoms with Crippen LogP contribution in [0.4, 0.5) is 29.1 Å². The molecule has 0 spiro atoms. The van der Waals surface area contributed by atoms with Crippen molar-refractivity contribution in [2.24, 2.45) is 0 Å². The number of rotatable bonds is 7. The van der Waals surface area contributed by atoms with Gasteiger partial charge in [-0.05, 0) is 56.3 Å². The zero-order chi connectivity index (χ0) is 27.6. The van der Waals surface area contributed by atoms with E-state index >= 15 is 0 Å². The highest BCUT2D eigenvalue weighted by Crippen LogP contribution is 2.35. The second kappa shape index (κ2) is 10.7. The molecule has 13 heteroatoms. The minimum atomic E-state index is -4.91. The first-order valence-corrected chi connectivity index (χ1v) is 12.0. The normalized spacial score (nSPS) is 13.9. The lowest BCUT2D eigenvalue weighted by Crippen LogP contribution is -2.21. The zero-order valence-electron chi connectivity index (χ0n) is 20.5. The van der Waals surface area contributed by atoms with Crippen LogP contribution < -0.4 is 15.8 Å². The fourth-order valence-corrected chi connectivity index (χ4v) is 4.33. The maximum absolute atomic E-state index is 15.0. The second-order valence-corrected chi connectivity index (χ2v) is 8.86. The third-order valence-corrected chi connectivity index (χ3v) is 6.18. The maximum atomic E-state index is 15.0. The quantitative estimate of drug-likeness (QED) is 0.315. The topological polar surface area (TPSA) is 111 Å². The van der Waals surface area contributed by atoms with Gasteiger partial charge in [-0.1, -0.05) is 6.07 Å². The number of nitrogens with two attached hydrogens (primary N) is 1. The van der Waals surface area contributed by atoms with Crippen molar-refractivity contribution in [2.75, 3.05) is 24.1 Å². The number of halogens is 4. The molecule has 1 aliphatic rings. The number of carbonyl (C=O) groups excluding carboxylic acids is 1. The van der Waals surface area contributed by atoms with Crippen molar-refractivity contribution < 1.29 is 27.1 Å². The number of ether oxygens (including phenoxy) is 1. The van der Waals surface area contributed by atoms with Crippen LogP contribution in [0.3, 0.4) is 0 Å². The summed E-state index contributed by atoms with van der Waals surface area (Å²) in [5, 5.41) is 6.00. The summed E-state index contributed by atoms with van der Waals surface area (Å²) >= 11 is 0. The van der Waals surface area contributed by atoms with Gasteiger partial charge < -0.3 is 15.8 Å². The van der Waals surface area contributed by atoms with Gasteiger partial charge in [0, 0.05) is 30.7 Å². The van der Waals surface area contributed by atoms with Crippen molar-refractivity contribution in [3.05, 3.63) is 83.7 Å². The summed E-state index contributed by atoms with van der Waals surface area (Å²) in [7, 11) is 0. The molecule has 4 heterocycles. The predicted molar refractivity (Wildman–Crippen MR) is 134 cm³/mol. The molecule has 0 aliphatic carbocycles. The Hall–Kier alpha value is -4.52. The van der Waals surface area contributed by atoms with Crippen LogP contribution in [0.5, 0.6) is 11.5 Å². The molecule has 0 atom stereocenters. The Morgan fingerprint density at radius 1 is 1.05 bits per heavy atom. The highest BCUT2D eigenvalue weighted by atomic mass is 19.4. The molecule has 5 rings (SSSR count). The third kappa shape index (κ3) is 5.67. The Labute approximate surface area is 220 Å². The summed E-state index contributed by atoms with van der Waals surface area (Å²) in [6.45, 7) is 2.32. The molecule has 0 radical (unpaired) electrons. The molecule has 0 unspecified atom stereocenters. The number of alkyl halides is 3. The van der Waals surface area contributed by atoms with E-state index in [4.69, 9.17) is 10.5 Å². The zero-order valence-corrected chi connectivity index (χ0v) is 20.5. The van der Waals surface area contributed by atoms with E-state index in [1.165, 1.54) is 42.7 Å². The molecule has 1 aromatic carbocycles. The van der Waals surface area contributed by atoms with Crippen LogP contribution in [-0.4, -0.2) is 43.6 Å². The SMILES string of the molecule is Nc1nccc(Oc2ccc(NC(=O)c3cnn(-c4ccccn4)c3C(F)(F)F)cc2F)c1CN1CCCC1. The van der Waals surface area contributed by atoms with E-state index in [0.717, 1.165) is 38.2 Å². The van der Waals surface area contributed by atoms with E-state index in [1.54, 1.807) is 6.07 Å². The fraction of sp³-hybridized carbons (Fsp3) is 0.231. The molecule has 3 N–H and O–H groups in total. The minimum absolute atomic E-state index is 0.0740. The van der Waals surface area contributed by atoms with Crippen molar-refractivity contribution in [1.29, 1.82) is 0 Å². The van der Waals surface area contributed by atoms with Gasteiger partial charge >= 0.3 is 6.18 Å². The molecule has 3 aromatic heterocycles. The lowest BCUT2D eigenvalue weighted by atomic mass is 10.2. The number of hydrogen-bond acceptors (Lipinski definition) is 7. The molecule has 9 nitrogen and oxygen atoms in total. The highest BCUT2D eigenvalue weighted by Gasteiger charge is 2.41. The minimum Gasteiger partial charge on any atom is -0.454 e. The van der Waals surface area contributed by atoms with Crippen LogP contribution in [0.15, 0.2) is 61.1 Å². The van der Waals surface area contributed by atoms with E-state index in [1.807, 2.05) is 0 Å². The molecule has 1 fully saturated rings. The van der Waals surface area contributed by atoms with Gasteiger partial charge in [-0.25, -0.2) is 19.0 Å². The second-order valence-electron chi connectivity index (χ2n) is 8.86. The standard InChI is InChI=1S/C26H23F4N7O2/c27-19-13-16(6-7-21(19)39-20-8-10-33-24(31)18(20)15-36-11-3-4-12-36)35-25(38)17-14-34-37(23(17)26(28,29)30)22-5-1-2-9-32-22/h1-2,5-10,13-14H,3-4,11-12,15H2,(H2,31,33)(H,35,38). The van der Waals surface area contributed by atoms with Crippen LogP contribution >= 0.6 is 0 Å². The maximum Gasteiger partial charge on any atom is 0.434 e. The number of likely N-dealkylation sites (tertiary alicyclic amines) is 1. The molecule has 1 amide bonds. The van der Waals surface area contributed by atoms with Gasteiger partial charge in [0.25, 0.3) is 5.91 Å². The van der Waals surface area contributed by atoms with E-state index in [9.17, 15) is 22.4 Å². The molecule has 1 aliphatic heterocycles. The van der Waals surface area contributed by atoms with E-state index < -0.39 is 29.2 Å². The van der Waals surface area contributed by atoms with E-state index in [2.05, 4.69) is 25.3 Å². The average Bonchev–Trinajstić information content (AvgIpc) is 3.58. The van der Waals surface area contributed by atoms with Gasteiger partial charge in [-0.15, -0.1) is 0 Å². The number of nitrogens with one attached hydrogen (secondary N) is 1. The first-order chi connectivity index (χ1) is 18.7. The first-order valence-electron chi connectivity index (χ1n) is 12.0. The molecule has 0 saturated carbocycles. The van der Waals surface area contributed by atoms with Crippen molar-refractivity contribution in [3.63, 3.8) is 0 Å². The summed E-state index contributed by atoms with van der Waals surface area (Å²) in [5.74, 6) is -1.61. The monoisotopic (exact) mass is 541 g/mol. The van der Waals surface area contributed by atoms with Crippen molar-refractivity contribution in [1.82, 2.24) is 24.6 Å². The predicted octanol–water partition coefficient (Wildman–Crippen LogP) is 5.04. The molecule has 4 aromatic rings. The third-order valence-electron chi connectivity index (χ3n) is 6.18. The van der Waals surface area contributed by atoms with Crippen LogP contribution in [-0.2, 0) is 12.7 Å². The Morgan fingerprint density at radius 3 is 2.54 bits per heavy atom. The Balaban J connectivity index is 1.36. The first kappa shape index (κ1) is 26.1. The summed E-state index contributed by atoms with van der Waals surface area (Å²) in [6.07, 6.45) is 0.783. The summed E-state index contributed by atoms with van der Waals surface area (Å²) in [6, 6.07) is 9.47. The number of amides is 1. The molecular weight excluding hydrogens is 518 g/mol. The highest BCUT2D eigenvalue weighted by molar-refractivity contribution is 6.05. The average molecular weight is 542 g/mol. The molecule has 1 saturated heterocycles. The van der Waals surface area contributed by atoms with Gasteiger partial charge in [0.1, 0.15) is 11.6 Å². The summed E-state index contributed by atoms with van der Waals surface area (Å²) < 4.78 is 62.9. The number of benzene rings is 1. The van der Waals surface area contributed by atoms with E-state index in [-0.39, 0.29) is 23.1 Å². The van der Waals surface area contributed by atoms with Crippen molar-refractivity contribution >= 4 is 17.4 Å². The number of pyridine rings is 2. The van der Waals surface area contributed by atoms with Gasteiger partial charge in [0.05, 0.1) is 17.3 Å². The lowest BCUT2D eigenvalue weighted by Gasteiger charge is -2.19. The summed E-state index contributed by atoms with van der Waals surface area (Å²) in [5.41, 5.74) is 4.56. The smallest absolute Gasteiger partial charge is 0.434 e. The number of nitrogen functional groups attached to an aromatic ring is 1. The Kier molecular flexibility index (Phi) is 7.15. The number of carbonyl (C=O) groups is 1. The number of nitrogens with zero attached hydrogens (tertiary/aromatic N) is 5. The van der Waals surface area contributed by atoms with E-state index in [0.29, 0.717) is 22.5 Å². The van der Waals surface area contributed by atoms with Crippen LogP contribution in [0.1, 0.15) is 34.5 Å². The number of aromatic nitrogens is 4. The summed E-state index contributed by atoms with van der Waals surface area (Å²) in [4.78, 5) is 23.0. The Morgan fingerprint density at radius 2 is 1.85 bits per heavy atom. The van der Waals surface area contributed by atoms with Crippen molar-refractivity contribution in [2.45, 2.75) is 25.6 Å². The van der Waals surface area contributed by atoms with Gasteiger partial charge in [-0.2, -0.15) is 18.3 Å². The van der Waals surface area contributed by atoms with Gasteiger partial charge in [-0.3, -0.25) is 9.69 Å². The number of anilines is 2. The van der Waals surface area contributed by atoms with Crippen LogP contribution in [0, 0.1) is 5.82 Å². The molecule has 0 bridgehead atoms. The van der Waals surface area contributed by atoms with Crippen LogP contribution in [0.2, 0.25) is 0 Å². The fourth-order valence-electron chi connectivity index (χ4n) is 4.33. The van der Waals surface area contributed by atoms with Crippen molar-refractivity contribution in [3.8, 4) is 17.3 Å². The van der Waals surface area contributed by atoms with Gasteiger partial charge in [0.2, 0.25) is 0 Å². The van der Waals surface area contributed by atoms with Gasteiger partial charge in [0.15, 0.2) is 23.1 Å². The van der Waals surface area contributed by atoms with Crippen LogP contribution in [0.25, 0.3) is 5.82 Å². The lowest BCUT2D eigenvalue weighted by molar-refractivity contribution is -0.143. The molecule has 202 valence electrons. The Bertz CT molecular complexity index is 1490.